The zero-order chi connectivity index (χ0) is 9.98. The lowest BCUT2D eigenvalue weighted by atomic mass is 9.88. The largest absolute Gasteiger partial charge is 0.400 e. The van der Waals surface area contributed by atoms with Crippen LogP contribution in [0.2, 0.25) is 0 Å². The molecule has 0 heterocycles. The van der Waals surface area contributed by atoms with Crippen molar-refractivity contribution < 1.29 is 5.11 Å². The van der Waals surface area contributed by atoms with Gasteiger partial charge in [0.2, 0.25) is 0 Å². The summed E-state index contributed by atoms with van der Waals surface area (Å²) in [6.45, 7) is 6.31. The molecule has 1 aliphatic carbocycles. The third-order valence-corrected chi connectivity index (χ3v) is 2.06. The van der Waals surface area contributed by atoms with Crippen LogP contribution in [0.4, 0.5) is 0 Å². The molecule has 0 aromatic heterocycles. The molecule has 0 saturated heterocycles. The number of hydrogen-bond donors (Lipinski definition) is 2. The van der Waals surface area contributed by atoms with E-state index in [1.165, 1.54) is 25.7 Å². The van der Waals surface area contributed by atoms with Gasteiger partial charge in [-0.1, -0.05) is 20.8 Å². The van der Waals surface area contributed by atoms with Crippen molar-refractivity contribution >= 4 is 0 Å². The summed E-state index contributed by atoms with van der Waals surface area (Å²) >= 11 is 0. The van der Waals surface area contributed by atoms with Crippen LogP contribution in [0.25, 0.3) is 0 Å². The third-order valence-electron chi connectivity index (χ3n) is 2.06. The van der Waals surface area contributed by atoms with E-state index < -0.39 is 0 Å². The molecule has 0 radical (unpaired) electrons. The fourth-order valence-corrected chi connectivity index (χ4v) is 1.29. The first-order chi connectivity index (χ1) is 5.79. The highest BCUT2D eigenvalue weighted by Crippen LogP contribution is 2.21. The van der Waals surface area contributed by atoms with Crippen LogP contribution in [0.5, 0.6) is 0 Å². The second-order valence-electron chi connectivity index (χ2n) is 3.02. The summed E-state index contributed by atoms with van der Waals surface area (Å²) in [5.74, 6) is 0.940. The number of aliphatic hydroxyl groups is 1. The summed E-state index contributed by atoms with van der Waals surface area (Å²) in [7, 11) is 1.00. The predicted octanol–water partition coefficient (Wildman–Crippen LogP) is 2.16. The van der Waals surface area contributed by atoms with Gasteiger partial charge in [-0.3, -0.25) is 0 Å². The van der Waals surface area contributed by atoms with Gasteiger partial charge in [-0.2, -0.15) is 0 Å². The first kappa shape index (κ1) is 14.4. The van der Waals surface area contributed by atoms with Gasteiger partial charge in [0, 0.05) is 13.2 Å². The van der Waals surface area contributed by atoms with Gasteiger partial charge in [-0.25, -0.2) is 0 Å². The van der Waals surface area contributed by atoms with E-state index in [0.29, 0.717) is 6.04 Å². The van der Waals surface area contributed by atoms with Gasteiger partial charge in [0.15, 0.2) is 0 Å². The summed E-state index contributed by atoms with van der Waals surface area (Å²) in [4.78, 5) is 0. The van der Waals surface area contributed by atoms with Crippen LogP contribution in [0, 0.1) is 5.92 Å². The average molecular weight is 175 g/mol. The number of rotatable bonds is 0. The van der Waals surface area contributed by atoms with Gasteiger partial charge in [-0.05, 0) is 31.6 Å². The molecular formula is C10H25NO. The van der Waals surface area contributed by atoms with Gasteiger partial charge < -0.3 is 10.8 Å². The summed E-state index contributed by atoms with van der Waals surface area (Å²) in [6.07, 6.45) is 5.20. The van der Waals surface area contributed by atoms with Gasteiger partial charge in [0.1, 0.15) is 0 Å². The molecule has 1 saturated carbocycles. The van der Waals surface area contributed by atoms with E-state index in [1.807, 2.05) is 13.8 Å². The van der Waals surface area contributed by atoms with E-state index in [9.17, 15) is 0 Å². The minimum Gasteiger partial charge on any atom is -0.400 e. The lowest BCUT2D eigenvalue weighted by Gasteiger charge is -2.22. The second kappa shape index (κ2) is 10.9. The molecule has 2 nitrogen and oxygen atoms in total. The molecule has 0 atom stereocenters. The minimum absolute atomic E-state index is 0.520. The third kappa shape index (κ3) is 8.02. The zero-order valence-corrected chi connectivity index (χ0v) is 9.01. The topological polar surface area (TPSA) is 46.2 Å². The van der Waals surface area contributed by atoms with E-state index in [4.69, 9.17) is 10.8 Å². The van der Waals surface area contributed by atoms with Crippen molar-refractivity contribution in [2.75, 3.05) is 7.11 Å². The Morgan fingerprint density at radius 1 is 1.00 bits per heavy atom. The van der Waals surface area contributed by atoms with Gasteiger partial charge in [-0.15, -0.1) is 0 Å². The molecular weight excluding hydrogens is 150 g/mol. The first-order valence-electron chi connectivity index (χ1n) is 4.99. The quantitative estimate of drug-likeness (QED) is 0.592. The van der Waals surface area contributed by atoms with Crippen molar-refractivity contribution in [3.63, 3.8) is 0 Å². The number of aliphatic hydroxyl groups excluding tert-OH is 1. The normalized spacial score (nSPS) is 27.5. The summed E-state index contributed by atoms with van der Waals surface area (Å²) < 4.78 is 0. The molecule has 76 valence electrons. The molecule has 0 aliphatic heterocycles. The van der Waals surface area contributed by atoms with Crippen LogP contribution in [0.15, 0.2) is 0 Å². The smallest absolute Gasteiger partial charge is 0.0319 e. The highest BCUT2D eigenvalue weighted by molar-refractivity contribution is 4.70. The van der Waals surface area contributed by atoms with Gasteiger partial charge in [0.05, 0.1) is 0 Å². The molecule has 0 amide bonds. The predicted molar refractivity (Wildman–Crippen MR) is 55.1 cm³/mol. The van der Waals surface area contributed by atoms with Crippen molar-refractivity contribution in [3.8, 4) is 0 Å². The summed E-state index contributed by atoms with van der Waals surface area (Å²) in [5.41, 5.74) is 5.70. The van der Waals surface area contributed by atoms with E-state index >= 15 is 0 Å². The van der Waals surface area contributed by atoms with Crippen LogP contribution in [0.3, 0.4) is 0 Å². The average Bonchev–Trinajstić information content (AvgIpc) is 2.17. The maximum atomic E-state index is 7.00. The maximum Gasteiger partial charge on any atom is 0.0319 e. The molecule has 3 N–H and O–H groups in total. The fourth-order valence-electron chi connectivity index (χ4n) is 1.29. The fraction of sp³-hybridized carbons (Fsp3) is 1.00. The minimum atomic E-state index is 0.520. The zero-order valence-electron chi connectivity index (χ0n) is 9.01. The lowest BCUT2D eigenvalue weighted by Crippen LogP contribution is -2.25. The molecule has 0 aromatic rings. The first-order valence-corrected chi connectivity index (χ1v) is 4.99. The SMILES string of the molecule is CC.CC1CCC(N)CC1.CO. The molecule has 0 bridgehead atoms. The van der Waals surface area contributed by atoms with Crippen LogP contribution >= 0.6 is 0 Å². The molecule has 0 unspecified atom stereocenters. The van der Waals surface area contributed by atoms with E-state index in [-0.39, 0.29) is 0 Å². The Bertz CT molecular complexity index is 58.2. The highest BCUT2D eigenvalue weighted by Gasteiger charge is 2.13. The molecule has 2 heteroatoms. The highest BCUT2D eigenvalue weighted by atomic mass is 16.2. The van der Waals surface area contributed by atoms with Gasteiger partial charge >= 0.3 is 0 Å². The number of hydrogen-bond acceptors (Lipinski definition) is 2. The Labute approximate surface area is 77.2 Å². The summed E-state index contributed by atoms with van der Waals surface area (Å²) in [6, 6.07) is 0.520. The van der Waals surface area contributed by atoms with Crippen molar-refractivity contribution in [2.24, 2.45) is 11.7 Å². The lowest BCUT2D eigenvalue weighted by molar-refractivity contribution is 0.348. The van der Waals surface area contributed by atoms with Crippen LogP contribution in [-0.2, 0) is 0 Å². The Hall–Kier alpha value is -0.0800. The van der Waals surface area contributed by atoms with E-state index in [1.54, 1.807) is 0 Å². The Morgan fingerprint density at radius 3 is 1.58 bits per heavy atom. The van der Waals surface area contributed by atoms with Gasteiger partial charge in [0.25, 0.3) is 0 Å². The standard InChI is InChI=1S/C7H15N.C2H6.CH4O/c1-6-2-4-7(8)5-3-6;2*1-2/h6-7H,2-5,8H2,1H3;1-2H3;2H,1H3. The molecule has 1 aliphatic rings. The Kier molecular flexibility index (Phi) is 13.1. The molecule has 12 heavy (non-hydrogen) atoms. The molecule has 0 aromatic carbocycles. The number of nitrogens with two attached hydrogens (primary N) is 1. The van der Waals surface area contributed by atoms with E-state index in [2.05, 4.69) is 6.92 Å². The van der Waals surface area contributed by atoms with Crippen LogP contribution < -0.4 is 5.73 Å². The van der Waals surface area contributed by atoms with Crippen molar-refractivity contribution in [2.45, 2.75) is 52.5 Å². The second-order valence-corrected chi connectivity index (χ2v) is 3.02. The van der Waals surface area contributed by atoms with Crippen molar-refractivity contribution in [3.05, 3.63) is 0 Å². The molecule has 1 rings (SSSR count). The monoisotopic (exact) mass is 175 g/mol. The van der Waals surface area contributed by atoms with Crippen LogP contribution in [0.1, 0.15) is 46.5 Å². The van der Waals surface area contributed by atoms with Crippen molar-refractivity contribution in [1.29, 1.82) is 0 Å². The molecule has 0 spiro atoms. The van der Waals surface area contributed by atoms with Crippen molar-refractivity contribution in [1.82, 2.24) is 0 Å². The summed E-state index contributed by atoms with van der Waals surface area (Å²) in [5, 5.41) is 7.00. The maximum absolute atomic E-state index is 7.00. The Morgan fingerprint density at radius 2 is 1.33 bits per heavy atom. The van der Waals surface area contributed by atoms with Crippen LogP contribution in [-0.4, -0.2) is 18.3 Å². The molecule has 1 fully saturated rings. The van der Waals surface area contributed by atoms with E-state index in [0.717, 1.165) is 13.0 Å². The Balaban J connectivity index is 0.